The maximum atomic E-state index is 10.4. The summed E-state index contributed by atoms with van der Waals surface area (Å²) in [5.74, 6) is 0. The summed E-state index contributed by atoms with van der Waals surface area (Å²) < 4.78 is 32.6. The fourth-order valence-electron chi connectivity index (χ4n) is 4.54. The van der Waals surface area contributed by atoms with E-state index in [1.807, 2.05) is 6.92 Å². The van der Waals surface area contributed by atoms with Crippen LogP contribution >= 0.6 is 15.9 Å². The van der Waals surface area contributed by atoms with E-state index in [9.17, 15) is 13.0 Å². The largest absolute Gasteiger partial charge is 0.744 e. The highest BCUT2D eigenvalue weighted by atomic mass is 79.9. The van der Waals surface area contributed by atoms with Crippen molar-refractivity contribution in [3.05, 3.63) is 29.8 Å². The molecule has 0 fully saturated rings. The molecule has 35 heavy (non-hydrogen) atoms. The molecule has 0 bridgehead atoms. The van der Waals surface area contributed by atoms with Crippen LogP contribution in [0.2, 0.25) is 0 Å². The van der Waals surface area contributed by atoms with E-state index in [0.717, 1.165) is 5.56 Å². The topological polar surface area (TPSA) is 57.2 Å². The van der Waals surface area contributed by atoms with Crippen LogP contribution in [0.3, 0.4) is 0 Å². The molecule has 0 aliphatic heterocycles. The molecule has 0 aliphatic carbocycles. The second-order valence-electron chi connectivity index (χ2n) is 10.1. The third kappa shape index (κ3) is 18.5. The lowest BCUT2D eigenvalue weighted by atomic mass is 10.1. The van der Waals surface area contributed by atoms with E-state index < -0.39 is 10.1 Å². The SMILES string of the molecule is CCCCCC[N+](CCCCBr)(CCCCCC)CCCCCC.Cc1ccc(S(=O)(=O)[O-])cc1. The van der Waals surface area contributed by atoms with Crippen LogP contribution in [0.15, 0.2) is 29.2 Å². The van der Waals surface area contributed by atoms with Crippen LogP contribution in [-0.2, 0) is 10.1 Å². The number of rotatable bonds is 20. The quantitative estimate of drug-likeness (QED) is 0.0676. The predicted octanol–water partition coefficient (Wildman–Crippen LogP) is 8.62. The molecule has 1 aromatic carbocycles. The van der Waals surface area contributed by atoms with Crippen LogP contribution < -0.4 is 0 Å². The Morgan fingerprint density at radius 1 is 0.657 bits per heavy atom. The molecule has 0 amide bonds. The summed E-state index contributed by atoms with van der Waals surface area (Å²) in [7, 11) is -4.27. The van der Waals surface area contributed by atoms with Crippen molar-refractivity contribution in [1.82, 2.24) is 0 Å². The highest BCUT2D eigenvalue weighted by Gasteiger charge is 2.25. The van der Waals surface area contributed by atoms with Gasteiger partial charge in [-0.05, 0) is 70.4 Å². The van der Waals surface area contributed by atoms with Crippen molar-refractivity contribution < 1.29 is 17.5 Å². The van der Waals surface area contributed by atoms with Gasteiger partial charge in [0.05, 0.1) is 31.1 Å². The maximum Gasteiger partial charge on any atom is 0.124 e. The van der Waals surface area contributed by atoms with E-state index in [0.29, 0.717) is 0 Å². The molecule has 0 unspecified atom stereocenters. The first kappa shape index (κ1) is 34.6. The number of aryl methyl sites for hydroxylation is 1. The van der Waals surface area contributed by atoms with E-state index >= 15 is 0 Å². The third-order valence-corrected chi connectivity index (χ3v) is 8.19. The van der Waals surface area contributed by atoms with Crippen molar-refractivity contribution in [1.29, 1.82) is 0 Å². The average Bonchev–Trinajstić information content (AvgIpc) is 2.83. The van der Waals surface area contributed by atoms with Gasteiger partial charge in [-0.2, -0.15) is 0 Å². The fraction of sp³-hybridized carbons (Fsp3) is 0.793. The van der Waals surface area contributed by atoms with Gasteiger partial charge in [-0.25, -0.2) is 8.42 Å². The number of quaternary nitrogens is 1. The Labute approximate surface area is 226 Å². The minimum atomic E-state index is -4.27. The van der Waals surface area contributed by atoms with Gasteiger partial charge in [-0.15, -0.1) is 0 Å². The van der Waals surface area contributed by atoms with E-state index in [1.165, 1.54) is 138 Å². The number of benzene rings is 1. The molecule has 1 aromatic rings. The van der Waals surface area contributed by atoms with Gasteiger partial charge in [-0.3, -0.25) is 0 Å². The van der Waals surface area contributed by atoms with Crippen LogP contribution in [-0.4, -0.2) is 49.0 Å². The Morgan fingerprint density at radius 2 is 1.03 bits per heavy atom. The van der Waals surface area contributed by atoms with Crippen molar-refractivity contribution in [2.24, 2.45) is 0 Å². The molecule has 0 spiro atoms. The summed E-state index contributed by atoms with van der Waals surface area (Å²) in [6.45, 7) is 14.6. The van der Waals surface area contributed by atoms with Gasteiger partial charge in [0, 0.05) is 5.33 Å². The van der Waals surface area contributed by atoms with Gasteiger partial charge >= 0.3 is 0 Å². The Bertz CT molecular complexity index is 676. The first-order chi connectivity index (χ1) is 16.7. The van der Waals surface area contributed by atoms with Gasteiger partial charge in [-0.1, -0.05) is 92.9 Å². The number of hydrogen-bond donors (Lipinski definition) is 0. The zero-order valence-electron chi connectivity index (χ0n) is 23.2. The maximum absolute atomic E-state index is 10.4. The normalized spacial score (nSPS) is 11.8. The minimum Gasteiger partial charge on any atom is -0.744 e. The molecule has 6 heteroatoms. The molecule has 0 atom stereocenters. The summed E-state index contributed by atoms with van der Waals surface area (Å²) in [6.07, 6.45) is 19.8. The summed E-state index contributed by atoms with van der Waals surface area (Å²) in [4.78, 5) is -0.178. The smallest absolute Gasteiger partial charge is 0.124 e. The molecule has 0 N–H and O–H groups in total. The highest BCUT2D eigenvalue weighted by molar-refractivity contribution is 9.09. The molecule has 0 heterocycles. The van der Waals surface area contributed by atoms with Gasteiger partial charge in [0.25, 0.3) is 0 Å². The Morgan fingerprint density at radius 3 is 1.34 bits per heavy atom. The molecule has 206 valence electrons. The van der Waals surface area contributed by atoms with Crippen molar-refractivity contribution >= 4 is 26.0 Å². The molecular formula is C29H54BrNO3S. The monoisotopic (exact) mass is 575 g/mol. The molecule has 0 aromatic heterocycles. The summed E-state index contributed by atoms with van der Waals surface area (Å²) >= 11 is 3.63. The van der Waals surface area contributed by atoms with E-state index in [-0.39, 0.29) is 4.90 Å². The zero-order chi connectivity index (χ0) is 26.4. The molecule has 4 nitrogen and oxygen atoms in total. The lowest BCUT2D eigenvalue weighted by Gasteiger charge is -2.39. The fourth-order valence-corrected chi connectivity index (χ4v) is 5.41. The molecule has 0 radical (unpaired) electrons. The first-order valence-corrected chi connectivity index (χ1v) is 16.7. The molecular weight excluding hydrogens is 522 g/mol. The van der Waals surface area contributed by atoms with Crippen LogP contribution in [0.5, 0.6) is 0 Å². The second kappa shape index (κ2) is 21.6. The van der Waals surface area contributed by atoms with Gasteiger partial charge < -0.3 is 9.04 Å². The van der Waals surface area contributed by atoms with Crippen LogP contribution in [0.1, 0.15) is 116 Å². The number of alkyl halides is 1. The van der Waals surface area contributed by atoms with Crippen LogP contribution in [0.25, 0.3) is 0 Å². The number of halogens is 1. The Balaban J connectivity index is 0.000000867. The third-order valence-electron chi connectivity index (χ3n) is 6.78. The summed E-state index contributed by atoms with van der Waals surface area (Å²) in [5.41, 5.74) is 0.928. The Hall–Kier alpha value is -0.430. The summed E-state index contributed by atoms with van der Waals surface area (Å²) in [5, 5.41) is 1.18. The minimum absolute atomic E-state index is 0.178. The van der Waals surface area contributed by atoms with Crippen LogP contribution in [0.4, 0.5) is 0 Å². The van der Waals surface area contributed by atoms with Crippen molar-refractivity contribution in [3.63, 3.8) is 0 Å². The average molecular weight is 577 g/mol. The van der Waals surface area contributed by atoms with E-state index in [2.05, 4.69) is 36.7 Å². The molecule has 1 rings (SSSR count). The number of nitrogens with zero attached hydrogens (tertiary/aromatic N) is 1. The van der Waals surface area contributed by atoms with Crippen molar-refractivity contribution in [2.45, 2.75) is 122 Å². The number of unbranched alkanes of at least 4 members (excludes halogenated alkanes) is 10. The van der Waals surface area contributed by atoms with Crippen molar-refractivity contribution in [3.8, 4) is 0 Å². The Kier molecular flexibility index (Phi) is 21.4. The lowest BCUT2D eigenvalue weighted by Crippen LogP contribution is -2.50. The van der Waals surface area contributed by atoms with E-state index in [4.69, 9.17) is 0 Å². The van der Waals surface area contributed by atoms with Gasteiger partial charge in [0.15, 0.2) is 0 Å². The number of hydrogen-bond acceptors (Lipinski definition) is 3. The predicted molar refractivity (Wildman–Crippen MR) is 154 cm³/mol. The van der Waals surface area contributed by atoms with Crippen LogP contribution in [0, 0.1) is 6.92 Å². The zero-order valence-corrected chi connectivity index (χ0v) is 25.6. The lowest BCUT2D eigenvalue weighted by molar-refractivity contribution is -0.929. The highest BCUT2D eigenvalue weighted by Crippen LogP contribution is 2.19. The summed E-state index contributed by atoms with van der Waals surface area (Å²) in [6, 6.07) is 5.78. The molecule has 0 aliphatic rings. The molecule has 0 saturated carbocycles. The van der Waals surface area contributed by atoms with Gasteiger partial charge in [0.2, 0.25) is 0 Å². The van der Waals surface area contributed by atoms with E-state index in [1.54, 1.807) is 12.1 Å². The standard InChI is InChI=1S/C22H47BrN.C7H8O3S/c1-4-7-10-14-19-24(22-17-13-18-23,20-15-11-8-5-2)21-16-12-9-6-3;1-6-2-4-7(5-3-6)11(8,9)10/h4-22H2,1-3H3;2-5H,1H3,(H,8,9,10)/q+1;/p-1. The van der Waals surface area contributed by atoms with Gasteiger partial charge in [0.1, 0.15) is 10.1 Å². The second-order valence-corrected chi connectivity index (χ2v) is 12.3. The van der Waals surface area contributed by atoms with Crippen molar-refractivity contribution in [2.75, 3.05) is 31.5 Å². The molecule has 0 saturated heterocycles. The first-order valence-electron chi connectivity index (χ1n) is 14.2.